The first-order chi connectivity index (χ1) is 9.52. The molecule has 0 aromatic carbocycles. The molecule has 0 spiro atoms. The SMILES string of the molecule is CCOC(=O)CCn1c(C(C)Cl)nc2ccc(C)nc21. The van der Waals surface area contributed by atoms with Gasteiger partial charge in [0.15, 0.2) is 5.65 Å². The lowest BCUT2D eigenvalue weighted by Gasteiger charge is -2.09. The standard InChI is InChI=1S/C14H18ClN3O2/c1-4-20-12(19)7-8-18-13(10(3)15)17-11-6-5-9(2)16-14(11)18/h5-6,10H,4,7-8H2,1-3H3. The molecule has 0 saturated heterocycles. The van der Waals surface area contributed by atoms with Crippen molar-refractivity contribution in [2.75, 3.05) is 6.61 Å². The van der Waals surface area contributed by atoms with Gasteiger partial charge in [-0.2, -0.15) is 0 Å². The van der Waals surface area contributed by atoms with Crippen LogP contribution < -0.4 is 0 Å². The molecule has 0 saturated carbocycles. The lowest BCUT2D eigenvalue weighted by molar-refractivity contribution is -0.143. The number of imidazole rings is 1. The van der Waals surface area contributed by atoms with Crippen LogP contribution in [0.1, 0.15) is 37.2 Å². The highest BCUT2D eigenvalue weighted by molar-refractivity contribution is 6.20. The Hall–Kier alpha value is -1.62. The summed E-state index contributed by atoms with van der Waals surface area (Å²) in [5.74, 6) is 0.499. The Bertz CT molecular complexity index is 622. The van der Waals surface area contributed by atoms with Crippen molar-refractivity contribution in [3.63, 3.8) is 0 Å². The van der Waals surface area contributed by atoms with Crippen LogP contribution >= 0.6 is 11.6 Å². The van der Waals surface area contributed by atoms with Crippen molar-refractivity contribution >= 4 is 28.7 Å². The van der Waals surface area contributed by atoms with E-state index in [4.69, 9.17) is 16.3 Å². The first kappa shape index (κ1) is 14.8. The number of ether oxygens (including phenoxy) is 1. The van der Waals surface area contributed by atoms with Gasteiger partial charge in [0.25, 0.3) is 0 Å². The number of nitrogens with zero attached hydrogens (tertiary/aromatic N) is 3. The molecule has 0 fully saturated rings. The van der Waals surface area contributed by atoms with Gasteiger partial charge in [-0.25, -0.2) is 9.97 Å². The van der Waals surface area contributed by atoms with Crippen LogP contribution in [0.25, 0.3) is 11.2 Å². The van der Waals surface area contributed by atoms with E-state index < -0.39 is 0 Å². The van der Waals surface area contributed by atoms with Gasteiger partial charge in [0.1, 0.15) is 11.3 Å². The van der Waals surface area contributed by atoms with Gasteiger partial charge in [-0.3, -0.25) is 4.79 Å². The molecule has 0 aliphatic rings. The molecule has 2 aromatic heterocycles. The van der Waals surface area contributed by atoms with Gasteiger partial charge in [0.05, 0.1) is 18.4 Å². The molecule has 0 aliphatic carbocycles. The van der Waals surface area contributed by atoms with Crippen molar-refractivity contribution in [2.24, 2.45) is 0 Å². The number of rotatable bonds is 5. The molecule has 0 aliphatic heterocycles. The van der Waals surface area contributed by atoms with Gasteiger partial charge in [-0.1, -0.05) is 0 Å². The lowest BCUT2D eigenvalue weighted by atomic mass is 10.3. The third kappa shape index (κ3) is 3.10. The number of aryl methyl sites for hydroxylation is 2. The highest BCUT2D eigenvalue weighted by Crippen LogP contribution is 2.24. The van der Waals surface area contributed by atoms with E-state index >= 15 is 0 Å². The third-order valence-corrected chi connectivity index (χ3v) is 3.16. The van der Waals surface area contributed by atoms with Gasteiger partial charge in [-0.05, 0) is 32.9 Å². The topological polar surface area (TPSA) is 57.0 Å². The summed E-state index contributed by atoms with van der Waals surface area (Å²) in [5, 5.41) is -0.244. The van der Waals surface area contributed by atoms with E-state index in [1.807, 2.05) is 30.5 Å². The Balaban J connectivity index is 2.35. The predicted octanol–water partition coefficient (Wildman–Crippen LogP) is 2.99. The maximum absolute atomic E-state index is 11.5. The number of alkyl halides is 1. The van der Waals surface area contributed by atoms with Crippen LogP contribution in [-0.2, 0) is 16.1 Å². The smallest absolute Gasteiger partial charge is 0.307 e. The van der Waals surface area contributed by atoms with Crippen LogP contribution in [0.5, 0.6) is 0 Å². The molecule has 0 bridgehead atoms. The van der Waals surface area contributed by atoms with E-state index in [1.54, 1.807) is 6.92 Å². The Morgan fingerprint density at radius 3 is 2.85 bits per heavy atom. The van der Waals surface area contributed by atoms with Crippen LogP contribution in [0.4, 0.5) is 0 Å². The van der Waals surface area contributed by atoms with Gasteiger partial charge in [-0.15, -0.1) is 11.6 Å². The second kappa shape index (κ2) is 6.22. The normalized spacial score (nSPS) is 12.6. The zero-order chi connectivity index (χ0) is 14.7. The number of pyridine rings is 1. The summed E-state index contributed by atoms with van der Waals surface area (Å²) in [6.45, 7) is 6.43. The Morgan fingerprint density at radius 1 is 1.45 bits per heavy atom. The number of hydrogen-bond donors (Lipinski definition) is 0. The molecule has 0 radical (unpaired) electrons. The van der Waals surface area contributed by atoms with Crippen molar-refractivity contribution in [3.8, 4) is 0 Å². The zero-order valence-corrected chi connectivity index (χ0v) is 12.6. The Morgan fingerprint density at radius 2 is 2.20 bits per heavy atom. The zero-order valence-electron chi connectivity index (χ0n) is 11.9. The van der Waals surface area contributed by atoms with Crippen molar-refractivity contribution in [1.29, 1.82) is 0 Å². The molecule has 1 unspecified atom stereocenters. The fraction of sp³-hybridized carbons (Fsp3) is 0.500. The minimum absolute atomic E-state index is 0.227. The Kier molecular flexibility index (Phi) is 4.60. The molecule has 0 N–H and O–H groups in total. The average molecular weight is 296 g/mol. The highest BCUT2D eigenvalue weighted by atomic mass is 35.5. The molecule has 2 aromatic rings. The summed E-state index contributed by atoms with van der Waals surface area (Å²) in [6, 6.07) is 3.83. The summed E-state index contributed by atoms with van der Waals surface area (Å²) in [6.07, 6.45) is 0.283. The summed E-state index contributed by atoms with van der Waals surface area (Å²) in [4.78, 5) is 20.5. The average Bonchev–Trinajstić information content (AvgIpc) is 2.75. The van der Waals surface area contributed by atoms with E-state index in [0.717, 1.165) is 22.7 Å². The van der Waals surface area contributed by atoms with Gasteiger partial charge < -0.3 is 9.30 Å². The Labute approximate surface area is 122 Å². The van der Waals surface area contributed by atoms with Crippen molar-refractivity contribution in [2.45, 2.75) is 39.1 Å². The van der Waals surface area contributed by atoms with Gasteiger partial charge >= 0.3 is 5.97 Å². The first-order valence-corrected chi connectivity index (χ1v) is 7.10. The summed E-state index contributed by atoms with van der Waals surface area (Å²) in [5.41, 5.74) is 2.46. The number of esters is 1. The largest absolute Gasteiger partial charge is 0.466 e. The van der Waals surface area contributed by atoms with Crippen LogP contribution in [0.15, 0.2) is 12.1 Å². The molecule has 5 nitrogen and oxygen atoms in total. The number of carbonyl (C=O) groups is 1. The number of fused-ring (bicyclic) bond motifs is 1. The van der Waals surface area contributed by atoms with Crippen molar-refractivity contribution in [1.82, 2.24) is 14.5 Å². The minimum Gasteiger partial charge on any atom is -0.466 e. The van der Waals surface area contributed by atoms with Crippen LogP contribution in [0.2, 0.25) is 0 Å². The summed E-state index contributed by atoms with van der Waals surface area (Å²) < 4.78 is 6.85. The number of hydrogen-bond acceptors (Lipinski definition) is 4. The van der Waals surface area contributed by atoms with E-state index in [9.17, 15) is 4.79 Å². The third-order valence-electron chi connectivity index (χ3n) is 2.96. The van der Waals surface area contributed by atoms with Crippen molar-refractivity contribution < 1.29 is 9.53 Å². The van der Waals surface area contributed by atoms with Crippen LogP contribution in [-0.4, -0.2) is 27.1 Å². The second-order valence-corrected chi connectivity index (χ2v) is 5.24. The maximum Gasteiger partial charge on any atom is 0.307 e. The van der Waals surface area contributed by atoms with E-state index in [2.05, 4.69) is 9.97 Å². The molecule has 6 heteroatoms. The number of halogens is 1. The van der Waals surface area contributed by atoms with Crippen LogP contribution in [0.3, 0.4) is 0 Å². The van der Waals surface area contributed by atoms with Crippen molar-refractivity contribution in [3.05, 3.63) is 23.7 Å². The molecular formula is C14H18ClN3O2. The summed E-state index contributed by atoms with van der Waals surface area (Å²) in [7, 11) is 0. The van der Waals surface area contributed by atoms with E-state index in [0.29, 0.717) is 13.2 Å². The molecule has 108 valence electrons. The molecule has 2 heterocycles. The maximum atomic E-state index is 11.5. The second-order valence-electron chi connectivity index (χ2n) is 4.59. The molecule has 20 heavy (non-hydrogen) atoms. The molecule has 2 rings (SSSR count). The fourth-order valence-corrected chi connectivity index (χ4v) is 2.24. The molecule has 1 atom stereocenters. The van der Waals surface area contributed by atoms with Gasteiger partial charge in [0, 0.05) is 12.2 Å². The quantitative estimate of drug-likeness (QED) is 0.628. The monoisotopic (exact) mass is 295 g/mol. The van der Waals surface area contributed by atoms with Crippen LogP contribution in [0, 0.1) is 6.92 Å². The summed E-state index contributed by atoms with van der Waals surface area (Å²) >= 11 is 6.17. The number of aromatic nitrogens is 3. The van der Waals surface area contributed by atoms with E-state index in [1.165, 1.54) is 0 Å². The predicted molar refractivity (Wildman–Crippen MR) is 77.8 cm³/mol. The fourth-order valence-electron chi connectivity index (χ4n) is 2.07. The lowest BCUT2D eigenvalue weighted by Crippen LogP contribution is -2.12. The number of carbonyl (C=O) groups excluding carboxylic acids is 1. The molecular weight excluding hydrogens is 278 g/mol. The highest BCUT2D eigenvalue weighted by Gasteiger charge is 2.17. The molecule has 0 amide bonds. The minimum atomic E-state index is -0.244. The van der Waals surface area contributed by atoms with E-state index in [-0.39, 0.29) is 17.8 Å². The van der Waals surface area contributed by atoms with Gasteiger partial charge in [0.2, 0.25) is 0 Å². The first-order valence-electron chi connectivity index (χ1n) is 6.66.